The summed E-state index contributed by atoms with van der Waals surface area (Å²) in [6, 6.07) is 0. The number of rotatable bonds is 3. The summed E-state index contributed by atoms with van der Waals surface area (Å²) in [5.74, 6) is 0. The van der Waals surface area contributed by atoms with E-state index in [-0.39, 0.29) is 0 Å². The maximum Gasteiger partial charge on any atom is 0.186 e. The quantitative estimate of drug-likeness (QED) is 0.878. The second-order valence-electron chi connectivity index (χ2n) is 4.13. The Morgan fingerprint density at radius 3 is 2.81 bits per heavy atom. The average Bonchev–Trinajstić information content (AvgIpc) is 2.69. The minimum absolute atomic E-state index is 0.594. The first-order valence-electron chi connectivity index (χ1n) is 5.90. The van der Waals surface area contributed by atoms with Gasteiger partial charge in [0.1, 0.15) is 0 Å². The van der Waals surface area contributed by atoms with Crippen LogP contribution in [0.15, 0.2) is 6.08 Å². The zero-order chi connectivity index (χ0) is 11.4. The second-order valence-corrected chi connectivity index (χ2v) is 5.14. The van der Waals surface area contributed by atoms with Crippen molar-refractivity contribution in [3.05, 3.63) is 16.6 Å². The Hall–Kier alpha value is -0.870. The maximum absolute atomic E-state index is 5.46. The van der Waals surface area contributed by atoms with Gasteiger partial charge in [-0.2, -0.15) is 0 Å². The number of aryl methyl sites for hydroxylation is 1. The van der Waals surface area contributed by atoms with E-state index in [0.29, 0.717) is 6.54 Å². The van der Waals surface area contributed by atoms with Crippen LogP contribution in [0.2, 0.25) is 0 Å². The lowest BCUT2D eigenvalue weighted by molar-refractivity contribution is 0.576. The lowest BCUT2D eigenvalue weighted by Gasteiger charge is -2.25. The number of aromatic nitrogens is 1. The summed E-state index contributed by atoms with van der Waals surface area (Å²) in [6.45, 7) is 4.98. The summed E-state index contributed by atoms with van der Waals surface area (Å²) in [4.78, 5) is 8.29. The van der Waals surface area contributed by atoms with Gasteiger partial charge in [-0.05, 0) is 32.3 Å². The van der Waals surface area contributed by atoms with Gasteiger partial charge < -0.3 is 10.6 Å². The Morgan fingerprint density at radius 2 is 2.12 bits per heavy atom. The molecule has 0 saturated carbocycles. The molecule has 0 radical (unpaired) electrons. The summed E-state index contributed by atoms with van der Waals surface area (Å²) in [6.07, 6.45) is 8.03. The molecular weight excluding hydrogens is 218 g/mol. The minimum atomic E-state index is 0.594. The minimum Gasteiger partial charge on any atom is -0.348 e. The number of piperidine rings is 1. The molecular formula is C12H19N3S. The van der Waals surface area contributed by atoms with Gasteiger partial charge in [0.25, 0.3) is 0 Å². The van der Waals surface area contributed by atoms with Crippen LogP contribution in [-0.4, -0.2) is 24.6 Å². The number of nitrogens with zero attached hydrogens (tertiary/aromatic N) is 2. The smallest absolute Gasteiger partial charge is 0.186 e. The number of anilines is 1. The number of nitrogens with two attached hydrogens (primary N) is 1. The fourth-order valence-electron chi connectivity index (χ4n) is 1.94. The van der Waals surface area contributed by atoms with Crippen LogP contribution in [0.1, 0.15) is 29.8 Å². The molecule has 2 N–H and O–H groups in total. The first-order valence-corrected chi connectivity index (χ1v) is 6.72. The van der Waals surface area contributed by atoms with Gasteiger partial charge in [-0.3, -0.25) is 0 Å². The van der Waals surface area contributed by atoms with Gasteiger partial charge in [0.2, 0.25) is 0 Å². The SMILES string of the molecule is Cc1nc(N2CCCCC2)sc1/C=C/CN. The van der Waals surface area contributed by atoms with Crippen LogP contribution in [0, 0.1) is 6.92 Å². The Morgan fingerprint density at radius 1 is 1.38 bits per heavy atom. The first kappa shape index (κ1) is 11.6. The third-order valence-corrected chi connectivity index (χ3v) is 4.04. The third kappa shape index (κ3) is 2.62. The highest BCUT2D eigenvalue weighted by atomic mass is 32.1. The Kier molecular flexibility index (Phi) is 3.96. The highest BCUT2D eigenvalue weighted by molar-refractivity contribution is 7.16. The molecule has 0 spiro atoms. The van der Waals surface area contributed by atoms with E-state index < -0.39 is 0 Å². The van der Waals surface area contributed by atoms with Crippen LogP contribution in [0.25, 0.3) is 6.08 Å². The number of thiazole rings is 1. The molecule has 0 aromatic carbocycles. The fraction of sp³-hybridized carbons (Fsp3) is 0.583. The van der Waals surface area contributed by atoms with E-state index in [0.717, 1.165) is 18.8 Å². The highest BCUT2D eigenvalue weighted by Gasteiger charge is 2.15. The van der Waals surface area contributed by atoms with Crippen LogP contribution >= 0.6 is 11.3 Å². The maximum atomic E-state index is 5.46. The Bertz CT molecular complexity index is 364. The summed E-state index contributed by atoms with van der Waals surface area (Å²) in [5, 5.41) is 1.17. The van der Waals surface area contributed by atoms with Crippen LogP contribution in [-0.2, 0) is 0 Å². The van der Waals surface area contributed by atoms with Crippen molar-refractivity contribution in [3.8, 4) is 0 Å². The molecule has 1 aromatic heterocycles. The highest BCUT2D eigenvalue weighted by Crippen LogP contribution is 2.28. The zero-order valence-corrected chi connectivity index (χ0v) is 10.6. The molecule has 1 aromatic rings. The molecule has 1 aliphatic heterocycles. The standard InChI is InChI=1S/C12H19N3S/c1-10-11(6-5-7-13)16-12(14-10)15-8-3-2-4-9-15/h5-6H,2-4,7-9,13H2,1H3/b6-5+. The number of hydrogen-bond acceptors (Lipinski definition) is 4. The third-order valence-electron chi connectivity index (χ3n) is 2.85. The number of hydrogen-bond donors (Lipinski definition) is 1. The van der Waals surface area contributed by atoms with Gasteiger partial charge in [-0.15, -0.1) is 0 Å². The second kappa shape index (κ2) is 5.46. The zero-order valence-electron chi connectivity index (χ0n) is 9.78. The van der Waals surface area contributed by atoms with Gasteiger partial charge in [0, 0.05) is 19.6 Å². The van der Waals surface area contributed by atoms with Gasteiger partial charge in [0.15, 0.2) is 5.13 Å². The van der Waals surface area contributed by atoms with Crippen molar-refractivity contribution < 1.29 is 0 Å². The van der Waals surface area contributed by atoms with Crippen molar-refractivity contribution in [2.45, 2.75) is 26.2 Å². The van der Waals surface area contributed by atoms with Gasteiger partial charge in [-0.1, -0.05) is 17.4 Å². The predicted octanol–water partition coefficient (Wildman–Crippen LogP) is 2.41. The van der Waals surface area contributed by atoms with E-state index in [4.69, 9.17) is 5.73 Å². The van der Waals surface area contributed by atoms with E-state index in [1.807, 2.05) is 6.08 Å². The molecule has 4 heteroatoms. The fourth-order valence-corrected chi connectivity index (χ4v) is 2.99. The van der Waals surface area contributed by atoms with Crippen LogP contribution in [0.5, 0.6) is 0 Å². The molecule has 0 amide bonds. The summed E-state index contributed by atoms with van der Waals surface area (Å²) < 4.78 is 0. The van der Waals surface area contributed by atoms with Crippen molar-refractivity contribution in [2.24, 2.45) is 5.73 Å². The monoisotopic (exact) mass is 237 g/mol. The molecule has 1 aliphatic rings. The first-order chi connectivity index (χ1) is 7.81. The molecule has 0 unspecified atom stereocenters. The van der Waals surface area contributed by atoms with E-state index in [9.17, 15) is 0 Å². The Balaban J connectivity index is 2.12. The normalized spacial score (nSPS) is 17.2. The molecule has 0 bridgehead atoms. The average molecular weight is 237 g/mol. The molecule has 1 saturated heterocycles. The van der Waals surface area contributed by atoms with Crippen LogP contribution in [0.3, 0.4) is 0 Å². The van der Waals surface area contributed by atoms with E-state index in [2.05, 4.69) is 22.9 Å². The lowest BCUT2D eigenvalue weighted by atomic mass is 10.1. The van der Waals surface area contributed by atoms with Gasteiger partial charge in [-0.25, -0.2) is 4.98 Å². The molecule has 88 valence electrons. The van der Waals surface area contributed by atoms with E-state index >= 15 is 0 Å². The topological polar surface area (TPSA) is 42.2 Å². The van der Waals surface area contributed by atoms with Crippen molar-refractivity contribution in [2.75, 3.05) is 24.5 Å². The summed E-state index contributed by atoms with van der Waals surface area (Å²) in [5.41, 5.74) is 6.58. The van der Waals surface area contributed by atoms with Crippen molar-refractivity contribution in [1.29, 1.82) is 0 Å². The van der Waals surface area contributed by atoms with Crippen LogP contribution in [0.4, 0.5) is 5.13 Å². The molecule has 2 heterocycles. The molecule has 16 heavy (non-hydrogen) atoms. The van der Waals surface area contributed by atoms with E-state index in [1.165, 1.54) is 29.3 Å². The van der Waals surface area contributed by atoms with Crippen molar-refractivity contribution in [3.63, 3.8) is 0 Å². The molecule has 0 aliphatic carbocycles. The summed E-state index contributed by atoms with van der Waals surface area (Å²) in [7, 11) is 0. The van der Waals surface area contributed by atoms with Crippen molar-refractivity contribution >= 4 is 22.5 Å². The van der Waals surface area contributed by atoms with Gasteiger partial charge in [0.05, 0.1) is 10.6 Å². The van der Waals surface area contributed by atoms with Gasteiger partial charge >= 0.3 is 0 Å². The Labute approximate surface area is 101 Å². The van der Waals surface area contributed by atoms with Crippen LogP contribution < -0.4 is 10.6 Å². The van der Waals surface area contributed by atoms with E-state index in [1.54, 1.807) is 11.3 Å². The molecule has 2 rings (SSSR count). The molecule has 1 fully saturated rings. The lowest BCUT2D eigenvalue weighted by Crippen LogP contribution is -2.29. The molecule has 3 nitrogen and oxygen atoms in total. The molecule has 0 atom stereocenters. The largest absolute Gasteiger partial charge is 0.348 e. The predicted molar refractivity (Wildman–Crippen MR) is 71.0 cm³/mol. The van der Waals surface area contributed by atoms with Crippen molar-refractivity contribution in [1.82, 2.24) is 4.98 Å². The summed E-state index contributed by atoms with van der Waals surface area (Å²) >= 11 is 1.78.